The minimum atomic E-state index is -6.00. The second-order valence-electron chi connectivity index (χ2n) is 4.71. The third-order valence-electron chi connectivity index (χ3n) is 2.79. The molecule has 0 heterocycles. The van der Waals surface area contributed by atoms with Crippen LogP contribution in [0.15, 0.2) is 36.4 Å². The Labute approximate surface area is 143 Å². The summed E-state index contributed by atoms with van der Waals surface area (Å²) in [5.41, 5.74) is 4.18. The Bertz CT molecular complexity index is 621. The van der Waals surface area contributed by atoms with E-state index < -0.39 is 7.25 Å². The first-order chi connectivity index (χ1) is 10.1. The lowest BCUT2D eigenvalue weighted by Gasteiger charge is -2.01. The maximum atomic E-state index is 9.75. The summed E-state index contributed by atoms with van der Waals surface area (Å²) in [6, 6.07) is 12.9. The van der Waals surface area contributed by atoms with Crippen LogP contribution in [0.5, 0.6) is 0 Å². The van der Waals surface area contributed by atoms with Gasteiger partial charge in [0.05, 0.1) is 0 Å². The predicted octanol–water partition coefficient (Wildman–Crippen LogP) is 2.69. The summed E-state index contributed by atoms with van der Waals surface area (Å²) in [6.07, 6.45) is 0. The minimum absolute atomic E-state index is 0.0940. The quantitative estimate of drug-likeness (QED) is 0.380. The maximum Gasteiger partial charge on any atom is 0.673 e. The predicted molar refractivity (Wildman–Crippen MR) is 79.7 cm³/mol. The van der Waals surface area contributed by atoms with Crippen LogP contribution in [-0.2, 0) is 0 Å². The molecule has 0 unspecified atom stereocenters. The number of rotatable bonds is 2. The van der Waals surface area contributed by atoms with Crippen molar-refractivity contribution in [1.29, 1.82) is 0 Å². The summed E-state index contributed by atoms with van der Waals surface area (Å²) >= 11 is 5.81. The van der Waals surface area contributed by atoms with Gasteiger partial charge in [-0.2, -0.15) is 0 Å². The molecule has 0 bridgehead atoms. The van der Waals surface area contributed by atoms with Crippen molar-refractivity contribution in [1.82, 2.24) is 0 Å². The number of hydrogen-bond donors (Lipinski definition) is 0. The van der Waals surface area contributed by atoms with Crippen LogP contribution in [0.1, 0.15) is 16.7 Å². The van der Waals surface area contributed by atoms with Gasteiger partial charge in [-0.3, -0.25) is 0 Å². The van der Waals surface area contributed by atoms with Gasteiger partial charge >= 0.3 is 28.5 Å². The molecule has 0 fully saturated rings. The molecule has 0 aliphatic carbocycles. The van der Waals surface area contributed by atoms with Crippen LogP contribution in [0.4, 0.5) is 17.3 Å². The molecule has 2 rings (SSSR count). The highest BCUT2D eigenvalue weighted by molar-refractivity contribution is 6.50. The molecule has 0 aliphatic rings. The molecule has 0 atom stereocenters. The van der Waals surface area contributed by atoms with Crippen LogP contribution in [-0.4, -0.2) is 7.25 Å². The summed E-state index contributed by atoms with van der Waals surface area (Å²) in [5, 5.41) is 0.814. The van der Waals surface area contributed by atoms with Crippen molar-refractivity contribution in [2.45, 2.75) is 20.8 Å². The van der Waals surface area contributed by atoms with Crippen molar-refractivity contribution in [2.75, 3.05) is 0 Å². The molecule has 22 heavy (non-hydrogen) atoms. The zero-order valence-electron chi connectivity index (χ0n) is 12.3. The van der Waals surface area contributed by atoms with Crippen LogP contribution in [0, 0.1) is 27.9 Å². The Morgan fingerprint density at radius 1 is 0.818 bits per heavy atom. The molecule has 0 nitrogen and oxygen atoms in total. The molecular weight excluding hydrogens is 429 g/mol. The Morgan fingerprint density at radius 2 is 1.27 bits per heavy atom. The van der Waals surface area contributed by atoms with Crippen molar-refractivity contribution in [2.24, 2.45) is 0 Å². The lowest BCUT2D eigenvalue weighted by atomic mass is 10.1. The van der Waals surface area contributed by atoms with Crippen LogP contribution < -0.4 is 21.2 Å². The molecule has 0 spiro atoms. The van der Waals surface area contributed by atoms with Crippen LogP contribution in [0.25, 0.3) is 0 Å². The van der Waals surface area contributed by atoms with Gasteiger partial charge in [0.15, 0.2) is 7.14 Å². The smallest absolute Gasteiger partial charge is 0.418 e. The highest BCUT2D eigenvalue weighted by atomic mass is 127. The first-order valence-electron chi connectivity index (χ1n) is 6.42. The largest absolute Gasteiger partial charge is 0.673 e. The van der Waals surface area contributed by atoms with E-state index in [4.69, 9.17) is 11.6 Å². The van der Waals surface area contributed by atoms with E-state index in [0.717, 1.165) is 5.02 Å². The van der Waals surface area contributed by atoms with E-state index in [1.807, 2.05) is 12.1 Å². The fourth-order valence-corrected chi connectivity index (χ4v) is 4.36. The molecule has 7 heteroatoms. The van der Waals surface area contributed by atoms with Crippen LogP contribution in [0.2, 0.25) is 5.02 Å². The number of hydrogen-bond acceptors (Lipinski definition) is 0. The van der Waals surface area contributed by atoms with Crippen LogP contribution >= 0.6 is 11.6 Å². The van der Waals surface area contributed by atoms with Crippen LogP contribution in [0.3, 0.4) is 0 Å². The molecule has 0 aliphatic heterocycles. The summed E-state index contributed by atoms with van der Waals surface area (Å²) in [7, 11) is -6.00. The number of benzene rings is 2. The van der Waals surface area contributed by atoms with E-state index in [1.165, 1.54) is 23.8 Å². The molecule has 2 aromatic carbocycles. The van der Waals surface area contributed by atoms with Gasteiger partial charge in [0.2, 0.25) is 0 Å². The minimum Gasteiger partial charge on any atom is -0.418 e. The molecule has 0 N–H and O–H groups in total. The van der Waals surface area contributed by atoms with E-state index in [2.05, 4.69) is 45.0 Å². The standard InChI is InChI=1S/C15H15ClI.BF4/c1-10-8-12(3)15(9-11(10)2)17-14-6-4-13(16)5-7-14;2-1(3,4)5/h4-9H,1-3H3;/q+1;-1. The van der Waals surface area contributed by atoms with E-state index in [-0.39, 0.29) is 21.2 Å². The maximum absolute atomic E-state index is 9.75. The van der Waals surface area contributed by atoms with Gasteiger partial charge in [0.1, 0.15) is 0 Å². The average molecular weight is 444 g/mol. The average Bonchev–Trinajstić information content (AvgIpc) is 2.36. The van der Waals surface area contributed by atoms with Crippen molar-refractivity contribution < 1.29 is 38.5 Å². The normalized spacial score (nSPS) is 10.9. The third-order valence-corrected chi connectivity index (χ3v) is 6.13. The molecule has 0 amide bonds. The van der Waals surface area contributed by atoms with E-state index >= 15 is 0 Å². The van der Waals surface area contributed by atoms with Crippen molar-refractivity contribution in [3.05, 3.63) is 65.3 Å². The van der Waals surface area contributed by atoms with E-state index in [9.17, 15) is 17.3 Å². The molecule has 0 aromatic heterocycles. The lowest BCUT2D eigenvalue weighted by molar-refractivity contribution is -0.598. The van der Waals surface area contributed by atoms with Crippen molar-refractivity contribution >= 4 is 18.9 Å². The Kier molecular flexibility index (Phi) is 7.19. The fraction of sp³-hybridized carbons (Fsp3) is 0.200. The van der Waals surface area contributed by atoms with Crippen molar-refractivity contribution in [3.63, 3.8) is 0 Å². The fourth-order valence-electron chi connectivity index (χ4n) is 1.64. The first kappa shape index (κ1) is 19.3. The van der Waals surface area contributed by atoms with Gasteiger partial charge in [-0.1, -0.05) is 17.7 Å². The van der Waals surface area contributed by atoms with Gasteiger partial charge in [-0.05, 0) is 62.2 Å². The van der Waals surface area contributed by atoms with Gasteiger partial charge in [0.25, 0.3) is 0 Å². The van der Waals surface area contributed by atoms with Gasteiger partial charge in [0, 0.05) is 10.6 Å². The molecular formula is C15H15BClF4I. The highest BCUT2D eigenvalue weighted by Gasteiger charge is 2.20. The second-order valence-corrected chi connectivity index (χ2v) is 8.10. The first-order valence-corrected chi connectivity index (χ1v) is 8.95. The van der Waals surface area contributed by atoms with Gasteiger partial charge in [-0.15, -0.1) is 0 Å². The van der Waals surface area contributed by atoms with Gasteiger partial charge < -0.3 is 17.3 Å². The Morgan fingerprint density at radius 3 is 1.77 bits per heavy atom. The summed E-state index contributed by atoms with van der Waals surface area (Å²) in [4.78, 5) is 0. The lowest BCUT2D eigenvalue weighted by Crippen LogP contribution is -3.61. The zero-order valence-corrected chi connectivity index (χ0v) is 15.2. The summed E-state index contributed by atoms with van der Waals surface area (Å²) in [6.45, 7) is 6.56. The summed E-state index contributed by atoms with van der Waals surface area (Å²) in [5.74, 6) is 0. The molecule has 0 saturated heterocycles. The topological polar surface area (TPSA) is 0 Å². The zero-order chi connectivity index (χ0) is 16.9. The third kappa shape index (κ3) is 7.49. The number of aryl methyl sites for hydroxylation is 3. The summed E-state index contributed by atoms with van der Waals surface area (Å²) < 4.78 is 41.9. The molecule has 0 radical (unpaired) electrons. The monoisotopic (exact) mass is 444 g/mol. The molecule has 2 aromatic rings. The molecule has 0 saturated carbocycles. The van der Waals surface area contributed by atoms with E-state index in [1.54, 1.807) is 0 Å². The Balaban J connectivity index is 0.000000422. The highest BCUT2D eigenvalue weighted by Crippen LogP contribution is 2.09. The second kappa shape index (κ2) is 8.20. The Hall–Kier alpha value is -0.755. The molecule has 120 valence electrons. The van der Waals surface area contributed by atoms with Crippen molar-refractivity contribution in [3.8, 4) is 0 Å². The van der Waals surface area contributed by atoms with Gasteiger partial charge in [-0.25, -0.2) is 0 Å². The number of halogens is 6. The van der Waals surface area contributed by atoms with E-state index in [0.29, 0.717) is 0 Å². The SMILES string of the molecule is Cc1cc(C)c([I+]c2ccc(Cl)cc2)cc1C.F[B-](F)(F)F.